The van der Waals surface area contributed by atoms with Crippen molar-refractivity contribution in [3.8, 4) is 0 Å². The average Bonchev–Trinajstić information content (AvgIpc) is 2.94. The molecule has 106 valence electrons. The van der Waals surface area contributed by atoms with Gasteiger partial charge in [-0.15, -0.1) is 10.2 Å². The lowest BCUT2D eigenvalue weighted by Gasteiger charge is -2.20. The van der Waals surface area contributed by atoms with Gasteiger partial charge in [-0.05, 0) is 0 Å². The zero-order chi connectivity index (χ0) is 14.5. The van der Waals surface area contributed by atoms with E-state index in [0.29, 0.717) is 11.5 Å². The lowest BCUT2D eigenvalue weighted by atomic mass is 10.4. The molecule has 9 nitrogen and oxygen atoms in total. The standard InChI is InChI=1S/C11H13N5O4/c1-19-8(17)5-16(6-9(18)20-2)10-11-14-13-7-15(11)4-3-12-10/h3-4,7H,5-6H2,1-2H3. The molecule has 0 radical (unpaired) electrons. The van der Waals surface area contributed by atoms with Crippen LogP contribution in [0.2, 0.25) is 0 Å². The molecule has 0 aliphatic carbocycles. The number of ether oxygens (including phenoxy) is 2. The Morgan fingerprint density at radius 3 is 2.50 bits per heavy atom. The third kappa shape index (κ3) is 2.82. The van der Waals surface area contributed by atoms with Gasteiger partial charge in [0.15, 0.2) is 5.82 Å². The number of rotatable bonds is 5. The minimum atomic E-state index is -0.503. The maximum absolute atomic E-state index is 11.5. The van der Waals surface area contributed by atoms with E-state index >= 15 is 0 Å². The van der Waals surface area contributed by atoms with Crippen molar-refractivity contribution in [3.63, 3.8) is 0 Å². The Morgan fingerprint density at radius 2 is 1.90 bits per heavy atom. The van der Waals surface area contributed by atoms with Crippen LogP contribution in [-0.4, -0.2) is 58.8 Å². The molecule has 0 atom stereocenters. The van der Waals surface area contributed by atoms with Gasteiger partial charge in [0.25, 0.3) is 0 Å². The van der Waals surface area contributed by atoms with Crippen LogP contribution in [0.25, 0.3) is 5.65 Å². The van der Waals surface area contributed by atoms with Crippen molar-refractivity contribution in [1.29, 1.82) is 0 Å². The quantitative estimate of drug-likeness (QED) is 0.661. The second-order valence-electron chi connectivity index (χ2n) is 3.82. The summed E-state index contributed by atoms with van der Waals surface area (Å²) in [5, 5.41) is 7.67. The van der Waals surface area contributed by atoms with Crippen molar-refractivity contribution in [2.45, 2.75) is 0 Å². The maximum atomic E-state index is 11.5. The minimum absolute atomic E-state index is 0.148. The molecule has 20 heavy (non-hydrogen) atoms. The molecule has 0 fully saturated rings. The van der Waals surface area contributed by atoms with Crippen LogP contribution in [0.4, 0.5) is 5.82 Å². The van der Waals surface area contributed by atoms with Crippen molar-refractivity contribution < 1.29 is 19.1 Å². The molecular weight excluding hydrogens is 266 g/mol. The van der Waals surface area contributed by atoms with E-state index in [-0.39, 0.29) is 13.1 Å². The summed E-state index contributed by atoms with van der Waals surface area (Å²) in [6.45, 7) is -0.295. The summed E-state index contributed by atoms with van der Waals surface area (Å²) in [4.78, 5) is 28.5. The first kappa shape index (κ1) is 13.7. The van der Waals surface area contributed by atoms with Gasteiger partial charge in [0.1, 0.15) is 19.4 Å². The van der Waals surface area contributed by atoms with Crippen molar-refractivity contribution in [2.24, 2.45) is 0 Å². The Bertz CT molecular complexity index is 608. The molecule has 0 aliphatic rings. The molecule has 9 heteroatoms. The molecule has 0 bridgehead atoms. The number of methoxy groups -OCH3 is 2. The molecule has 0 spiro atoms. The monoisotopic (exact) mass is 279 g/mol. The van der Waals surface area contributed by atoms with Gasteiger partial charge in [-0.2, -0.15) is 0 Å². The van der Waals surface area contributed by atoms with Crippen LogP contribution >= 0.6 is 0 Å². The first-order valence-electron chi connectivity index (χ1n) is 5.68. The Balaban J connectivity index is 2.36. The average molecular weight is 279 g/mol. The molecule has 0 saturated heterocycles. The summed E-state index contributed by atoms with van der Waals surface area (Å²) in [6.07, 6.45) is 4.68. The number of esters is 2. The molecule has 2 rings (SSSR count). The van der Waals surface area contributed by atoms with E-state index in [1.807, 2.05) is 0 Å². The molecule has 0 N–H and O–H groups in total. The molecule has 2 heterocycles. The highest BCUT2D eigenvalue weighted by molar-refractivity contribution is 5.83. The van der Waals surface area contributed by atoms with E-state index in [4.69, 9.17) is 0 Å². The maximum Gasteiger partial charge on any atom is 0.325 e. The van der Waals surface area contributed by atoms with E-state index in [1.165, 1.54) is 31.6 Å². The second kappa shape index (κ2) is 5.95. The van der Waals surface area contributed by atoms with Crippen LogP contribution in [0.1, 0.15) is 0 Å². The third-order valence-electron chi connectivity index (χ3n) is 2.59. The number of carbonyl (C=O) groups is 2. The number of anilines is 1. The fraction of sp³-hybridized carbons (Fsp3) is 0.364. The minimum Gasteiger partial charge on any atom is -0.468 e. The number of hydrogen-bond acceptors (Lipinski definition) is 8. The van der Waals surface area contributed by atoms with Gasteiger partial charge in [0.05, 0.1) is 14.2 Å². The van der Waals surface area contributed by atoms with E-state index in [2.05, 4.69) is 24.7 Å². The summed E-state index contributed by atoms with van der Waals surface area (Å²) in [6, 6.07) is 0. The third-order valence-corrected chi connectivity index (χ3v) is 2.59. The number of aromatic nitrogens is 4. The summed E-state index contributed by atoms with van der Waals surface area (Å²) in [7, 11) is 2.54. The van der Waals surface area contributed by atoms with Crippen molar-refractivity contribution in [3.05, 3.63) is 18.7 Å². The number of hydrogen-bond donors (Lipinski definition) is 0. The van der Waals surface area contributed by atoms with Crippen LogP contribution in [0.3, 0.4) is 0 Å². The summed E-state index contributed by atoms with van der Waals surface area (Å²) < 4.78 is 10.8. The van der Waals surface area contributed by atoms with E-state index < -0.39 is 11.9 Å². The second-order valence-corrected chi connectivity index (χ2v) is 3.82. The molecular formula is C11H13N5O4. The Morgan fingerprint density at radius 1 is 1.25 bits per heavy atom. The number of fused-ring (bicyclic) bond motifs is 1. The lowest BCUT2D eigenvalue weighted by molar-refractivity contribution is -0.140. The Labute approximate surface area is 114 Å². The smallest absolute Gasteiger partial charge is 0.325 e. The molecule has 0 aliphatic heterocycles. The number of nitrogens with zero attached hydrogens (tertiary/aromatic N) is 5. The van der Waals surface area contributed by atoms with E-state index in [0.717, 1.165) is 0 Å². The molecule has 2 aromatic heterocycles. The normalized spacial score (nSPS) is 10.3. The SMILES string of the molecule is COC(=O)CN(CC(=O)OC)c1nccn2cnnc12. The summed E-state index contributed by atoms with van der Waals surface area (Å²) >= 11 is 0. The highest BCUT2D eigenvalue weighted by Crippen LogP contribution is 2.15. The largest absolute Gasteiger partial charge is 0.468 e. The van der Waals surface area contributed by atoms with Crippen molar-refractivity contribution in [1.82, 2.24) is 19.6 Å². The van der Waals surface area contributed by atoms with Crippen LogP contribution in [0.15, 0.2) is 18.7 Å². The molecule has 2 aromatic rings. The Kier molecular flexibility index (Phi) is 4.08. The summed E-state index contributed by atoms with van der Waals surface area (Å²) in [5.74, 6) is -0.657. The van der Waals surface area contributed by atoms with E-state index in [9.17, 15) is 9.59 Å². The Hall–Kier alpha value is -2.71. The molecule has 0 unspecified atom stereocenters. The first-order chi connectivity index (χ1) is 9.65. The highest BCUT2D eigenvalue weighted by atomic mass is 16.5. The first-order valence-corrected chi connectivity index (χ1v) is 5.68. The van der Waals surface area contributed by atoms with Crippen LogP contribution in [0, 0.1) is 0 Å². The van der Waals surface area contributed by atoms with Gasteiger partial charge < -0.3 is 14.4 Å². The molecule has 0 aromatic carbocycles. The van der Waals surface area contributed by atoms with Gasteiger partial charge in [-0.1, -0.05) is 0 Å². The lowest BCUT2D eigenvalue weighted by Crippen LogP contribution is -2.36. The van der Waals surface area contributed by atoms with Gasteiger partial charge in [0, 0.05) is 12.4 Å². The topological polar surface area (TPSA) is 98.9 Å². The fourth-order valence-corrected chi connectivity index (χ4v) is 1.61. The van der Waals surface area contributed by atoms with Gasteiger partial charge in [-0.25, -0.2) is 4.98 Å². The van der Waals surface area contributed by atoms with Crippen LogP contribution in [0.5, 0.6) is 0 Å². The predicted octanol–water partition coefficient (Wildman–Crippen LogP) is -0.723. The number of carbonyl (C=O) groups excluding carboxylic acids is 2. The predicted molar refractivity (Wildman–Crippen MR) is 67.0 cm³/mol. The van der Waals surface area contributed by atoms with Gasteiger partial charge >= 0.3 is 11.9 Å². The fourth-order valence-electron chi connectivity index (χ4n) is 1.61. The highest BCUT2D eigenvalue weighted by Gasteiger charge is 2.20. The van der Waals surface area contributed by atoms with Crippen molar-refractivity contribution in [2.75, 3.05) is 32.2 Å². The zero-order valence-electron chi connectivity index (χ0n) is 11.0. The van der Waals surface area contributed by atoms with Gasteiger partial charge in [-0.3, -0.25) is 14.0 Å². The van der Waals surface area contributed by atoms with E-state index in [1.54, 1.807) is 10.6 Å². The molecule has 0 saturated carbocycles. The van der Waals surface area contributed by atoms with Crippen molar-refractivity contribution >= 4 is 23.4 Å². The van der Waals surface area contributed by atoms with Crippen LogP contribution in [-0.2, 0) is 19.1 Å². The zero-order valence-corrected chi connectivity index (χ0v) is 11.0. The van der Waals surface area contributed by atoms with Crippen LogP contribution < -0.4 is 4.90 Å². The molecule has 0 amide bonds. The van der Waals surface area contributed by atoms with Gasteiger partial charge in [0.2, 0.25) is 5.65 Å². The summed E-state index contributed by atoms with van der Waals surface area (Å²) in [5.41, 5.74) is 0.431.